The maximum absolute atomic E-state index is 11.5. The number of hydrogen-bond acceptors (Lipinski definition) is 9. The highest BCUT2D eigenvalue weighted by Crippen LogP contribution is 2.05. The summed E-state index contributed by atoms with van der Waals surface area (Å²) in [5.74, 6) is -3.66. The Labute approximate surface area is 130 Å². The molecule has 134 valence electrons. The van der Waals surface area contributed by atoms with Crippen molar-refractivity contribution in [3.63, 3.8) is 0 Å². The molecule has 0 aliphatic carbocycles. The van der Waals surface area contributed by atoms with Gasteiger partial charge in [-0.15, -0.1) is 0 Å². The van der Waals surface area contributed by atoms with Gasteiger partial charge in [0.05, 0.1) is 6.61 Å². The van der Waals surface area contributed by atoms with Crippen LogP contribution < -0.4 is 16.4 Å². The molecule has 0 aromatic rings. The monoisotopic (exact) mass is 339 g/mol. The van der Waals surface area contributed by atoms with Gasteiger partial charge in [0.1, 0.15) is 18.2 Å². The van der Waals surface area contributed by atoms with Gasteiger partial charge in [-0.05, 0) is 0 Å². The fraction of sp³-hybridized carbons (Fsp3) is 0.727. The molecule has 0 aromatic heterocycles. The van der Waals surface area contributed by atoms with Gasteiger partial charge in [0.25, 0.3) is 5.91 Å². The van der Waals surface area contributed by atoms with Crippen LogP contribution >= 0.6 is 0 Å². The summed E-state index contributed by atoms with van der Waals surface area (Å²) in [7, 11) is 0. The lowest BCUT2D eigenvalue weighted by molar-refractivity contribution is -0.166. The van der Waals surface area contributed by atoms with E-state index in [4.69, 9.17) is 21.1 Å². The van der Waals surface area contributed by atoms with E-state index in [0.717, 1.165) is 0 Å². The van der Waals surface area contributed by atoms with Crippen molar-refractivity contribution in [2.24, 2.45) is 5.73 Å². The highest BCUT2D eigenvalue weighted by molar-refractivity contribution is 5.82. The number of carbonyl (C=O) groups is 3. The van der Waals surface area contributed by atoms with Gasteiger partial charge in [0, 0.05) is 13.1 Å². The summed E-state index contributed by atoms with van der Waals surface area (Å²) in [5, 5.41) is 58.6. The van der Waals surface area contributed by atoms with E-state index in [1.54, 1.807) is 0 Å². The van der Waals surface area contributed by atoms with Gasteiger partial charge in [-0.25, -0.2) is 4.79 Å². The minimum atomic E-state index is -2.38. The fourth-order valence-electron chi connectivity index (χ4n) is 1.36. The van der Waals surface area contributed by atoms with Gasteiger partial charge in [-0.2, -0.15) is 0 Å². The minimum Gasteiger partial charge on any atom is -0.479 e. The Morgan fingerprint density at radius 1 is 0.870 bits per heavy atom. The summed E-state index contributed by atoms with van der Waals surface area (Å²) in [4.78, 5) is 33.1. The topological polar surface area (TPSA) is 223 Å². The van der Waals surface area contributed by atoms with Crippen LogP contribution in [0.2, 0.25) is 0 Å². The normalized spacial score (nSPS) is 17.5. The second-order valence-corrected chi connectivity index (χ2v) is 4.58. The average molecular weight is 339 g/mol. The van der Waals surface area contributed by atoms with E-state index in [-0.39, 0.29) is 13.1 Å². The van der Waals surface area contributed by atoms with E-state index in [0.29, 0.717) is 0 Å². The van der Waals surface area contributed by atoms with Gasteiger partial charge in [0.15, 0.2) is 12.2 Å². The first-order valence-corrected chi connectivity index (χ1v) is 6.50. The molecule has 2 amide bonds. The zero-order valence-corrected chi connectivity index (χ0v) is 12.0. The minimum absolute atomic E-state index is 0.0958. The van der Waals surface area contributed by atoms with Gasteiger partial charge in [-0.3, -0.25) is 9.59 Å². The van der Waals surface area contributed by atoms with Crippen molar-refractivity contribution in [1.29, 1.82) is 0 Å². The summed E-state index contributed by atoms with van der Waals surface area (Å²) in [6, 6.07) is -1.12. The van der Waals surface area contributed by atoms with Crippen LogP contribution in [0.3, 0.4) is 0 Å². The lowest BCUT2D eigenvalue weighted by Crippen LogP contribution is -2.53. The van der Waals surface area contributed by atoms with Crippen molar-refractivity contribution < 1.29 is 45.0 Å². The Morgan fingerprint density at radius 2 is 1.30 bits per heavy atom. The number of carbonyl (C=O) groups excluding carboxylic acids is 2. The van der Waals surface area contributed by atoms with Crippen LogP contribution in [0.4, 0.5) is 0 Å². The first kappa shape index (κ1) is 21.2. The summed E-state index contributed by atoms with van der Waals surface area (Å²) < 4.78 is 0. The molecule has 12 heteroatoms. The first-order valence-electron chi connectivity index (χ1n) is 6.50. The number of aliphatic hydroxyl groups excluding tert-OH is 5. The maximum atomic E-state index is 11.5. The molecule has 0 aliphatic heterocycles. The van der Waals surface area contributed by atoms with Gasteiger partial charge in [0.2, 0.25) is 5.91 Å². The standard InChI is InChI=1S/C11H21N3O9/c12-4(3-15)9(20)13-1-2-14-10(21)7(18)5(16)6(17)8(19)11(22)23/h4-8,15-19H,1-3,12H2,(H,13,20)(H,14,21)(H,22,23). The zero-order valence-electron chi connectivity index (χ0n) is 12.0. The summed E-state index contributed by atoms with van der Waals surface area (Å²) in [6.07, 6.45) is -9.10. The van der Waals surface area contributed by atoms with Crippen LogP contribution in [-0.4, -0.2) is 98.6 Å². The lowest BCUT2D eigenvalue weighted by atomic mass is 10.0. The average Bonchev–Trinajstić information content (AvgIpc) is 2.54. The third-order valence-corrected chi connectivity index (χ3v) is 2.78. The Balaban J connectivity index is 4.25. The quantitative estimate of drug-likeness (QED) is 0.171. The Morgan fingerprint density at radius 3 is 1.74 bits per heavy atom. The van der Waals surface area contributed by atoms with Gasteiger partial charge < -0.3 is 47.0 Å². The van der Waals surface area contributed by atoms with Crippen molar-refractivity contribution in [2.45, 2.75) is 30.5 Å². The predicted octanol–water partition coefficient (Wildman–Crippen LogP) is -5.93. The number of amides is 2. The number of rotatable bonds is 10. The molecule has 0 heterocycles. The third kappa shape index (κ3) is 6.85. The number of carboxylic acid groups (broad SMARTS) is 1. The number of aliphatic carboxylic acids is 1. The summed E-state index contributed by atoms with van der Waals surface area (Å²) in [5.41, 5.74) is 5.21. The smallest absolute Gasteiger partial charge is 0.335 e. The molecule has 0 fully saturated rings. The lowest BCUT2D eigenvalue weighted by Gasteiger charge is -2.24. The summed E-state index contributed by atoms with van der Waals surface area (Å²) >= 11 is 0. The van der Waals surface area contributed by atoms with Crippen molar-refractivity contribution >= 4 is 17.8 Å². The van der Waals surface area contributed by atoms with Crippen LogP contribution in [0.1, 0.15) is 0 Å². The largest absolute Gasteiger partial charge is 0.479 e. The molecule has 0 aliphatic rings. The fourth-order valence-corrected chi connectivity index (χ4v) is 1.36. The molecule has 23 heavy (non-hydrogen) atoms. The molecule has 5 atom stereocenters. The Bertz CT molecular complexity index is 420. The van der Waals surface area contributed by atoms with E-state index < -0.39 is 54.8 Å². The number of hydrogen-bond donors (Lipinski definition) is 9. The number of nitrogens with one attached hydrogen (secondary N) is 2. The van der Waals surface area contributed by atoms with Crippen molar-refractivity contribution in [1.82, 2.24) is 10.6 Å². The molecule has 0 spiro atoms. The van der Waals surface area contributed by atoms with E-state index in [9.17, 15) is 29.7 Å². The van der Waals surface area contributed by atoms with E-state index in [2.05, 4.69) is 10.6 Å². The molecular weight excluding hydrogens is 318 g/mol. The number of nitrogens with two attached hydrogens (primary N) is 1. The zero-order chi connectivity index (χ0) is 18.2. The van der Waals surface area contributed by atoms with E-state index >= 15 is 0 Å². The van der Waals surface area contributed by atoms with Crippen molar-refractivity contribution in [3.05, 3.63) is 0 Å². The van der Waals surface area contributed by atoms with Crippen molar-refractivity contribution in [3.8, 4) is 0 Å². The highest BCUT2D eigenvalue weighted by Gasteiger charge is 2.37. The summed E-state index contributed by atoms with van der Waals surface area (Å²) in [6.45, 7) is -0.835. The van der Waals surface area contributed by atoms with E-state index in [1.165, 1.54) is 0 Å². The SMILES string of the molecule is NC(CO)C(=O)NCCNC(=O)C(O)C(O)C(O)C(O)C(=O)O. The Hall–Kier alpha value is -1.83. The van der Waals surface area contributed by atoms with Crippen LogP contribution in [0.25, 0.3) is 0 Å². The highest BCUT2D eigenvalue weighted by atomic mass is 16.4. The molecule has 0 saturated carbocycles. The molecular formula is C11H21N3O9. The molecule has 0 aromatic carbocycles. The Kier molecular flexibility index (Phi) is 9.24. The molecule has 10 N–H and O–H groups in total. The van der Waals surface area contributed by atoms with Gasteiger partial charge >= 0.3 is 5.97 Å². The third-order valence-electron chi connectivity index (χ3n) is 2.78. The van der Waals surface area contributed by atoms with Crippen LogP contribution in [0.5, 0.6) is 0 Å². The second-order valence-electron chi connectivity index (χ2n) is 4.58. The maximum Gasteiger partial charge on any atom is 0.335 e. The molecule has 5 unspecified atom stereocenters. The molecule has 12 nitrogen and oxygen atoms in total. The van der Waals surface area contributed by atoms with Crippen LogP contribution in [0, 0.1) is 0 Å². The first-order chi connectivity index (χ1) is 10.6. The second kappa shape index (κ2) is 10.0. The van der Waals surface area contributed by atoms with Crippen LogP contribution in [-0.2, 0) is 14.4 Å². The van der Waals surface area contributed by atoms with E-state index in [1.807, 2.05) is 0 Å². The molecule has 0 radical (unpaired) electrons. The molecule has 0 saturated heterocycles. The van der Waals surface area contributed by atoms with Crippen LogP contribution in [0.15, 0.2) is 0 Å². The van der Waals surface area contributed by atoms with Gasteiger partial charge in [-0.1, -0.05) is 0 Å². The predicted molar refractivity (Wildman–Crippen MR) is 72.7 cm³/mol. The number of carboxylic acids is 1. The number of aliphatic hydroxyl groups is 5. The molecule has 0 rings (SSSR count). The van der Waals surface area contributed by atoms with Crippen molar-refractivity contribution in [2.75, 3.05) is 19.7 Å². The molecule has 0 bridgehead atoms.